The second kappa shape index (κ2) is 12.5. The van der Waals surface area contributed by atoms with Gasteiger partial charge in [0.1, 0.15) is 23.4 Å². The van der Waals surface area contributed by atoms with Crippen LogP contribution in [0.2, 0.25) is 0 Å². The number of nitrogens with zero attached hydrogens (tertiary/aromatic N) is 6. The van der Waals surface area contributed by atoms with Crippen molar-refractivity contribution >= 4 is 29.3 Å². The number of aromatic nitrogens is 2. The van der Waals surface area contributed by atoms with Crippen molar-refractivity contribution in [3.63, 3.8) is 0 Å². The molecule has 0 saturated carbocycles. The second-order valence-corrected chi connectivity index (χ2v) is 9.34. The molecule has 12 heteroatoms. The van der Waals surface area contributed by atoms with Crippen LogP contribution < -0.4 is 15.5 Å². The molecule has 0 radical (unpaired) electrons. The smallest absolute Gasteiger partial charge is 0.328 e. The summed E-state index contributed by atoms with van der Waals surface area (Å²) >= 11 is 0. The third kappa shape index (κ3) is 6.26. The lowest BCUT2D eigenvalue weighted by Gasteiger charge is -2.34. The molecule has 1 fully saturated rings. The van der Waals surface area contributed by atoms with Crippen molar-refractivity contribution in [2.24, 2.45) is 0 Å². The lowest BCUT2D eigenvalue weighted by Crippen LogP contribution is -2.48. The van der Waals surface area contributed by atoms with Gasteiger partial charge in [-0.2, -0.15) is 5.26 Å². The molecule has 0 aliphatic carbocycles. The summed E-state index contributed by atoms with van der Waals surface area (Å²) in [4.78, 5) is 40.5. The van der Waals surface area contributed by atoms with Gasteiger partial charge in [-0.25, -0.2) is 14.8 Å². The van der Waals surface area contributed by atoms with Crippen LogP contribution in [0.15, 0.2) is 18.3 Å². The van der Waals surface area contributed by atoms with E-state index >= 15 is 0 Å². The fraction of sp³-hybridized carbons (Fsp3) is 0.444. The number of rotatable bonds is 8. The van der Waals surface area contributed by atoms with Crippen LogP contribution >= 0.6 is 0 Å². The van der Waals surface area contributed by atoms with E-state index in [2.05, 4.69) is 27.6 Å². The number of carbonyl (C=O) groups is 2. The zero-order valence-corrected chi connectivity index (χ0v) is 22.4. The molecule has 0 unspecified atom stereocenters. The average Bonchev–Trinajstić information content (AvgIpc) is 2.93. The second-order valence-electron chi connectivity index (χ2n) is 9.34. The van der Waals surface area contributed by atoms with Crippen molar-refractivity contribution in [1.29, 1.82) is 5.26 Å². The molecule has 2 aromatic heterocycles. The van der Waals surface area contributed by atoms with Gasteiger partial charge in [-0.05, 0) is 37.1 Å². The number of fused-ring (bicyclic) bond motifs is 1. The van der Waals surface area contributed by atoms with E-state index in [4.69, 9.17) is 20.9 Å². The van der Waals surface area contributed by atoms with Gasteiger partial charge in [0.15, 0.2) is 0 Å². The van der Waals surface area contributed by atoms with E-state index in [0.717, 1.165) is 30.5 Å². The van der Waals surface area contributed by atoms with Crippen LogP contribution in [0.3, 0.4) is 0 Å². The number of anilines is 3. The maximum atomic E-state index is 13.4. The van der Waals surface area contributed by atoms with E-state index in [0.29, 0.717) is 48.9 Å². The van der Waals surface area contributed by atoms with Gasteiger partial charge in [0.05, 0.1) is 24.3 Å². The minimum Gasteiger partial charge on any atom is -0.373 e. The number of terminal acetylenes is 1. The summed E-state index contributed by atoms with van der Waals surface area (Å²) in [5.41, 5.74) is 3.02. The molecule has 2 aliphatic rings. The molecule has 3 amide bonds. The average molecular weight is 533 g/mol. The highest BCUT2D eigenvalue weighted by atomic mass is 16.7. The largest absolute Gasteiger partial charge is 0.373 e. The molecule has 12 nitrogen and oxygen atoms in total. The fourth-order valence-corrected chi connectivity index (χ4v) is 4.69. The third-order valence-electron chi connectivity index (χ3n) is 6.68. The summed E-state index contributed by atoms with van der Waals surface area (Å²) in [6.07, 6.45) is 7.40. The van der Waals surface area contributed by atoms with E-state index in [-0.39, 0.29) is 18.3 Å². The number of hydrogen-bond donors (Lipinski definition) is 2. The summed E-state index contributed by atoms with van der Waals surface area (Å²) in [5.74, 6) is 3.27. The first-order valence-corrected chi connectivity index (χ1v) is 12.6. The Morgan fingerprint density at radius 1 is 1.26 bits per heavy atom. The Balaban J connectivity index is 1.63. The number of aryl methyl sites for hydroxylation is 1. The Hall–Kier alpha value is -4.23. The van der Waals surface area contributed by atoms with E-state index in [1.54, 1.807) is 11.0 Å². The van der Waals surface area contributed by atoms with E-state index in [9.17, 15) is 14.9 Å². The predicted molar refractivity (Wildman–Crippen MR) is 145 cm³/mol. The van der Waals surface area contributed by atoms with Gasteiger partial charge in [-0.15, -0.1) is 6.42 Å². The lowest BCUT2D eigenvalue weighted by atomic mass is 10.0. The summed E-state index contributed by atoms with van der Waals surface area (Å²) < 4.78 is 11.1. The zero-order chi connectivity index (χ0) is 27.9. The number of piperazine rings is 1. The molecular weight excluding hydrogens is 500 g/mol. The molecule has 39 heavy (non-hydrogen) atoms. The molecule has 2 N–H and O–H groups in total. The zero-order valence-electron chi connectivity index (χ0n) is 22.4. The number of nitriles is 1. The molecule has 4 heterocycles. The molecule has 2 aliphatic heterocycles. The molecule has 0 atom stereocenters. The highest BCUT2D eigenvalue weighted by Gasteiger charge is 2.30. The van der Waals surface area contributed by atoms with Crippen LogP contribution in [0.25, 0.3) is 0 Å². The number of methoxy groups -OCH3 is 2. The first-order valence-electron chi connectivity index (χ1n) is 12.6. The first kappa shape index (κ1) is 27.8. The summed E-state index contributed by atoms with van der Waals surface area (Å²) in [6.45, 7) is 2.81. The topological polar surface area (TPSA) is 136 Å². The Kier molecular flexibility index (Phi) is 8.94. The van der Waals surface area contributed by atoms with Crippen LogP contribution in [0.1, 0.15) is 35.1 Å². The van der Waals surface area contributed by atoms with Crippen LogP contribution in [-0.4, -0.2) is 85.7 Å². The molecular formula is C27H32N8O4. The van der Waals surface area contributed by atoms with E-state index < -0.39 is 12.3 Å². The van der Waals surface area contributed by atoms with Crippen LogP contribution in [0, 0.1) is 23.7 Å². The highest BCUT2D eigenvalue weighted by molar-refractivity contribution is 6.01. The van der Waals surface area contributed by atoms with E-state index in [1.807, 2.05) is 22.9 Å². The van der Waals surface area contributed by atoms with Gasteiger partial charge in [0.2, 0.25) is 12.2 Å². The van der Waals surface area contributed by atoms with Crippen molar-refractivity contribution in [1.82, 2.24) is 19.8 Å². The van der Waals surface area contributed by atoms with Gasteiger partial charge in [-0.3, -0.25) is 19.9 Å². The van der Waals surface area contributed by atoms with Gasteiger partial charge in [0.25, 0.3) is 0 Å². The summed E-state index contributed by atoms with van der Waals surface area (Å²) in [5, 5.41) is 15.1. The van der Waals surface area contributed by atoms with Gasteiger partial charge in [-0.1, -0.05) is 5.92 Å². The minimum absolute atomic E-state index is 0.0471. The van der Waals surface area contributed by atoms with Crippen LogP contribution in [-0.2, 0) is 27.2 Å². The number of nitrogens with one attached hydrogen (secondary N) is 2. The number of urea groups is 1. The summed E-state index contributed by atoms with van der Waals surface area (Å²) in [7, 11) is 4.97. The first-order chi connectivity index (χ1) is 18.9. The maximum absolute atomic E-state index is 13.4. The van der Waals surface area contributed by atoms with Crippen molar-refractivity contribution in [3.05, 3.63) is 40.7 Å². The normalized spacial score (nSPS) is 15.5. The molecule has 1 saturated heterocycles. The monoisotopic (exact) mass is 532 g/mol. The van der Waals surface area contributed by atoms with Crippen molar-refractivity contribution in [3.8, 4) is 18.4 Å². The van der Waals surface area contributed by atoms with Gasteiger partial charge in [0, 0.05) is 52.7 Å². The number of likely N-dealkylation sites (N-methyl/N-ethyl adjacent to an activating group) is 1. The van der Waals surface area contributed by atoms with Gasteiger partial charge < -0.3 is 19.7 Å². The predicted octanol–water partition coefficient (Wildman–Crippen LogP) is 1.94. The quantitative estimate of drug-likeness (QED) is 0.386. The number of hydrogen-bond acceptors (Lipinski definition) is 9. The number of carbonyl (C=O) groups excluding carboxylic acids is 2. The number of pyridine rings is 2. The molecule has 4 rings (SSSR count). The maximum Gasteiger partial charge on any atom is 0.328 e. The Morgan fingerprint density at radius 2 is 2.05 bits per heavy atom. The van der Waals surface area contributed by atoms with E-state index in [1.165, 1.54) is 20.4 Å². The lowest BCUT2D eigenvalue weighted by molar-refractivity contribution is -0.136. The van der Waals surface area contributed by atoms with Crippen molar-refractivity contribution < 1.29 is 19.1 Å². The number of amides is 3. The van der Waals surface area contributed by atoms with Crippen molar-refractivity contribution in [2.45, 2.75) is 25.7 Å². The molecule has 0 aromatic carbocycles. The Morgan fingerprint density at radius 3 is 2.74 bits per heavy atom. The Bertz CT molecular complexity index is 1310. The SMILES string of the molecule is C#CCNc1cc(NC(=O)N2CCCc3cc(CN4CCN(C)CC4=O)c(C(OC)OC)nc32)ncc1C#N. The van der Waals surface area contributed by atoms with Gasteiger partial charge >= 0.3 is 6.03 Å². The van der Waals surface area contributed by atoms with Crippen molar-refractivity contribution in [2.75, 3.05) is 69.5 Å². The third-order valence-corrected chi connectivity index (χ3v) is 6.68. The van der Waals surface area contributed by atoms with Crippen LogP contribution in [0.5, 0.6) is 0 Å². The summed E-state index contributed by atoms with van der Waals surface area (Å²) in [6, 6.07) is 5.20. The fourth-order valence-electron chi connectivity index (χ4n) is 4.69. The minimum atomic E-state index is -0.773. The molecule has 0 spiro atoms. The molecule has 2 aromatic rings. The standard InChI is InChI=1S/C27H32N8O4/c1-5-8-29-21-13-22(30-15-20(21)14-28)31-27(37)35-9-6-7-18-12-19(16-34-11-10-33(2)17-23(34)36)24(32-25(18)35)26(38-3)39-4/h1,12-13,15,26H,6-11,16-17H2,2-4H3,(H2,29,30,31,37). The highest BCUT2D eigenvalue weighted by Crippen LogP contribution is 2.32. The van der Waals surface area contributed by atoms with Crippen LogP contribution in [0.4, 0.5) is 22.1 Å². The molecule has 0 bridgehead atoms. The number of ether oxygens (including phenoxy) is 2. The molecule has 204 valence electrons. The Labute approximate surface area is 227 Å².